The van der Waals surface area contributed by atoms with E-state index in [2.05, 4.69) is 10.2 Å². The fraction of sp³-hybridized carbons (Fsp3) is 0.318. The Bertz CT molecular complexity index is 962. The molecule has 0 radical (unpaired) electrons. The quantitative estimate of drug-likeness (QED) is 0.360. The summed E-state index contributed by atoms with van der Waals surface area (Å²) in [5.41, 5.74) is 2.09. The van der Waals surface area contributed by atoms with Gasteiger partial charge in [0.25, 0.3) is 0 Å². The monoisotopic (exact) mass is 427 g/mol. The second-order valence-electron chi connectivity index (χ2n) is 6.48. The first kappa shape index (κ1) is 21.9. The summed E-state index contributed by atoms with van der Waals surface area (Å²) < 4.78 is 18.1. The largest absolute Gasteiger partial charge is 0.485 e. The Balaban J connectivity index is 1.79. The van der Waals surface area contributed by atoms with Gasteiger partial charge in [0.2, 0.25) is 0 Å². The van der Waals surface area contributed by atoms with Crippen molar-refractivity contribution in [1.82, 2.24) is 14.8 Å². The van der Waals surface area contributed by atoms with Gasteiger partial charge in [0.1, 0.15) is 17.6 Å². The first-order valence-electron chi connectivity index (χ1n) is 9.56. The summed E-state index contributed by atoms with van der Waals surface area (Å²) in [6.07, 6.45) is 0. The number of para-hydroxylation sites is 1. The van der Waals surface area contributed by atoms with Crippen molar-refractivity contribution in [2.24, 2.45) is 0 Å². The molecule has 0 amide bonds. The van der Waals surface area contributed by atoms with Gasteiger partial charge in [-0.15, -0.1) is 10.2 Å². The minimum atomic E-state index is -0.395. The number of thioether (sulfide) groups is 1. The normalized spacial score (nSPS) is 11.8. The Kier molecular flexibility index (Phi) is 7.87. The zero-order valence-electron chi connectivity index (χ0n) is 17.3. The molecule has 158 valence electrons. The number of aromatic nitrogens is 3. The summed E-state index contributed by atoms with van der Waals surface area (Å²) >= 11 is 1.30. The molecule has 30 heavy (non-hydrogen) atoms. The number of carbonyl (C=O) groups is 1. The second kappa shape index (κ2) is 10.8. The van der Waals surface area contributed by atoms with E-state index in [1.165, 1.54) is 18.9 Å². The van der Waals surface area contributed by atoms with Crippen molar-refractivity contribution in [3.05, 3.63) is 60.4 Å². The fourth-order valence-electron chi connectivity index (χ4n) is 2.88. The highest BCUT2D eigenvalue weighted by molar-refractivity contribution is 8.00. The van der Waals surface area contributed by atoms with Crippen molar-refractivity contribution in [2.75, 3.05) is 20.8 Å². The Morgan fingerprint density at radius 3 is 2.53 bits per heavy atom. The van der Waals surface area contributed by atoms with Gasteiger partial charge in [0.05, 0.1) is 13.7 Å². The van der Waals surface area contributed by atoms with Crippen LogP contribution < -0.4 is 4.74 Å². The van der Waals surface area contributed by atoms with Crippen molar-refractivity contribution in [3.63, 3.8) is 0 Å². The number of carbonyl (C=O) groups excluding carboxylic acids is 1. The van der Waals surface area contributed by atoms with Gasteiger partial charge in [0, 0.05) is 19.2 Å². The highest BCUT2D eigenvalue weighted by Crippen LogP contribution is 2.30. The third-order valence-corrected chi connectivity index (χ3v) is 5.52. The maximum atomic E-state index is 11.8. The summed E-state index contributed by atoms with van der Waals surface area (Å²) in [6.45, 7) is 3.07. The van der Waals surface area contributed by atoms with Crippen molar-refractivity contribution in [1.29, 1.82) is 0 Å². The van der Waals surface area contributed by atoms with Gasteiger partial charge in [-0.25, -0.2) is 0 Å². The molecule has 0 bridgehead atoms. The number of benzene rings is 2. The molecular formula is C22H25N3O4S. The summed E-state index contributed by atoms with van der Waals surface area (Å²) in [5.74, 6) is 1.12. The summed E-state index contributed by atoms with van der Waals surface area (Å²) in [7, 11) is 3.01. The molecule has 0 fully saturated rings. The summed E-state index contributed by atoms with van der Waals surface area (Å²) in [5, 5.41) is 8.76. The number of methoxy groups -OCH3 is 2. The van der Waals surface area contributed by atoms with Crippen LogP contribution in [0.3, 0.4) is 0 Å². The number of hydrogen-bond donors (Lipinski definition) is 0. The van der Waals surface area contributed by atoms with Crippen molar-refractivity contribution < 1.29 is 19.0 Å². The molecule has 0 N–H and O–H groups in total. The zero-order valence-corrected chi connectivity index (χ0v) is 18.1. The van der Waals surface area contributed by atoms with Crippen LogP contribution in [-0.2, 0) is 27.4 Å². The molecule has 0 saturated carbocycles. The molecule has 0 spiro atoms. The van der Waals surface area contributed by atoms with Crippen LogP contribution in [0.25, 0.3) is 11.1 Å². The number of ether oxygens (including phenoxy) is 3. The van der Waals surface area contributed by atoms with E-state index < -0.39 is 5.25 Å². The lowest BCUT2D eigenvalue weighted by atomic mass is 10.1. The Morgan fingerprint density at radius 1 is 1.07 bits per heavy atom. The van der Waals surface area contributed by atoms with Crippen LogP contribution in [0.5, 0.6) is 5.75 Å². The van der Waals surface area contributed by atoms with Crippen molar-refractivity contribution >= 4 is 17.7 Å². The van der Waals surface area contributed by atoms with Gasteiger partial charge < -0.3 is 18.8 Å². The van der Waals surface area contributed by atoms with E-state index in [0.29, 0.717) is 24.1 Å². The van der Waals surface area contributed by atoms with Crippen LogP contribution in [0.15, 0.2) is 59.8 Å². The fourth-order valence-corrected chi connectivity index (χ4v) is 3.80. The van der Waals surface area contributed by atoms with Gasteiger partial charge in [-0.2, -0.15) is 0 Å². The second-order valence-corrected chi connectivity index (χ2v) is 7.79. The van der Waals surface area contributed by atoms with E-state index in [0.717, 1.165) is 16.9 Å². The third-order valence-electron chi connectivity index (χ3n) is 4.46. The van der Waals surface area contributed by atoms with Gasteiger partial charge in [0.15, 0.2) is 11.0 Å². The highest BCUT2D eigenvalue weighted by atomic mass is 32.2. The molecule has 2 aromatic carbocycles. The number of esters is 1. The Labute approximate surface area is 180 Å². The average Bonchev–Trinajstić information content (AvgIpc) is 3.17. The summed E-state index contributed by atoms with van der Waals surface area (Å²) in [4.78, 5) is 11.8. The van der Waals surface area contributed by atoms with Gasteiger partial charge in [-0.05, 0) is 18.6 Å². The molecule has 0 saturated heterocycles. The topological polar surface area (TPSA) is 75.5 Å². The number of nitrogens with zero attached hydrogens (tertiary/aromatic N) is 3. The smallest absolute Gasteiger partial charge is 0.318 e. The van der Waals surface area contributed by atoms with Crippen LogP contribution in [0.1, 0.15) is 12.7 Å². The first-order chi connectivity index (χ1) is 14.6. The molecule has 3 aromatic rings. The van der Waals surface area contributed by atoms with E-state index in [-0.39, 0.29) is 12.6 Å². The molecule has 1 heterocycles. The third kappa shape index (κ3) is 5.40. The van der Waals surface area contributed by atoms with E-state index in [1.54, 1.807) is 14.0 Å². The maximum absolute atomic E-state index is 11.8. The van der Waals surface area contributed by atoms with E-state index in [4.69, 9.17) is 14.2 Å². The lowest BCUT2D eigenvalue weighted by molar-refractivity contribution is -0.139. The van der Waals surface area contributed by atoms with Crippen molar-refractivity contribution in [3.8, 4) is 16.9 Å². The van der Waals surface area contributed by atoms with Gasteiger partial charge in [-0.1, -0.05) is 60.3 Å². The van der Waals surface area contributed by atoms with E-state index in [9.17, 15) is 4.79 Å². The molecule has 0 aliphatic rings. The predicted octanol–water partition coefficient (Wildman–Crippen LogP) is 3.82. The van der Waals surface area contributed by atoms with Gasteiger partial charge >= 0.3 is 5.97 Å². The molecule has 7 nitrogen and oxygen atoms in total. The minimum Gasteiger partial charge on any atom is -0.485 e. The minimum absolute atomic E-state index is 0.244. The van der Waals surface area contributed by atoms with Crippen LogP contribution in [-0.4, -0.2) is 46.8 Å². The zero-order chi connectivity index (χ0) is 21.3. The predicted molar refractivity (Wildman–Crippen MR) is 115 cm³/mol. The Hall–Kier alpha value is -2.84. The molecule has 1 atom stereocenters. The Morgan fingerprint density at radius 2 is 1.80 bits per heavy atom. The SMILES string of the molecule is COCCn1c(COc2ccccc2-c2ccccc2)nnc1SC(C)C(=O)OC. The van der Waals surface area contributed by atoms with Crippen molar-refractivity contribution in [2.45, 2.75) is 30.5 Å². The molecule has 3 rings (SSSR count). The van der Waals surface area contributed by atoms with E-state index in [1.807, 2.05) is 59.2 Å². The highest BCUT2D eigenvalue weighted by Gasteiger charge is 2.21. The van der Waals surface area contributed by atoms with Crippen LogP contribution in [0.4, 0.5) is 0 Å². The average molecular weight is 428 g/mol. The van der Waals surface area contributed by atoms with Crippen LogP contribution in [0.2, 0.25) is 0 Å². The van der Waals surface area contributed by atoms with E-state index >= 15 is 0 Å². The molecule has 0 aliphatic carbocycles. The molecule has 8 heteroatoms. The molecule has 1 unspecified atom stereocenters. The summed E-state index contributed by atoms with van der Waals surface area (Å²) in [6, 6.07) is 18.0. The number of rotatable bonds is 10. The molecule has 1 aromatic heterocycles. The first-order valence-corrected chi connectivity index (χ1v) is 10.4. The standard InChI is InChI=1S/C22H25N3O4S/c1-16(21(26)28-3)30-22-24-23-20(25(22)13-14-27-2)15-29-19-12-8-7-11-18(19)17-9-5-4-6-10-17/h4-12,16H,13-15H2,1-3H3. The van der Waals surface area contributed by atoms with Gasteiger partial charge in [-0.3, -0.25) is 4.79 Å². The number of hydrogen-bond acceptors (Lipinski definition) is 7. The van der Waals surface area contributed by atoms with Crippen LogP contribution >= 0.6 is 11.8 Å². The molecular weight excluding hydrogens is 402 g/mol. The molecule has 0 aliphatic heterocycles. The van der Waals surface area contributed by atoms with Crippen LogP contribution in [0, 0.1) is 0 Å². The maximum Gasteiger partial charge on any atom is 0.318 e. The lowest BCUT2D eigenvalue weighted by Crippen LogP contribution is -2.17. The lowest BCUT2D eigenvalue weighted by Gasteiger charge is -2.14.